The van der Waals surface area contributed by atoms with Crippen LogP contribution in [0, 0.1) is 45.9 Å². The van der Waals surface area contributed by atoms with E-state index in [2.05, 4.69) is 53.2 Å². The average Bonchev–Trinajstić information content (AvgIpc) is 4.10. The maximum atomic E-state index is 15.1. The first-order valence-electron chi connectivity index (χ1n) is 19.8. The summed E-state index contributed by atoms with van der Waals surface area (Å²) in [5.41, 5.74) is 5.02. The number of aryl methyl sites for hydroxylation is 2. The normalized spacial score (nSPS) is 12.6. The summed E-state index contributed by atoms with van der Waals surface area (Å²) in [5.74, 6) is -0.142. The summed E-state index contributed by atoms with van der Waals surface area (Å²) in [4.78, 5) is 24.9. The van der Waals surface area contributed by atoms with Crippen molar-refractivity contribution >= 4 is 77.5 Å². The lowest BCUT2D eigenvalue weighted by Gasteiger charge is -2.29. The fourth-order valence-electron chi connectivity index (χ4n) is 7.36. The van der Waals surface area contributed by atoms with Crippen molar-refractivity contribution in [1.29, 1.82) is 10.5 Å². The molecule has 9 rings (SSSR count). The van der Waals surface area contributed by atoms with Crippen LogP contribution in [-0.2, 0) is 12.8 Å². The van der Waals surface area contributed by atoms with Crippen molar-refractivity contribution in [1.82, 2.24) is 34.1 Å². The zero-order valence-electron chi connectivity index (χ0n) is 34.3. The molecule has 320 valence electrons. The molecule has 8 aromatic rings. The third-order valence-corrected chi connectivity index (χ3v) is 12.9. The van der Waals surface area contributed by atoms with Gasteiger partial charge in [0.05, 0.1) is 17.1 Å². The molecule has 0 spiro atoms. The SMILES string of the molecule is CCc1nc2c(F)cc(Br)cn2c1N(C)c1nc(-c2ccc(F)cc2)c(C#N)s1.CCc1nc2c(F)cc(N3CCNCC3)cn2c1N(C)c1nc(-c2ccc(F)cc2)c(C#N)s1. The highest BCUT2D eigenvalue weighted by Gasteiger charge is 2.26. The number of nitrogens with one attached hydrogen (secondary N) is 1. The number of thiazole rings is 2. The van der Waals surface area contributed by atoms with Gasteiger partial charge < -0.3 is 20.0 Å². The Labute approximate surface area is 376 Å². The Morgan fingerprint density at radius 1 is 0.683 bits per heavy atom. The van der Waals surface area contributed by atoms with Gasteiger partial charge in [-0.05, 0) is 83.4 Å². The molecular weight excluding hydrogens is 917 g/mol. The number of nitriles is 2. The zero-order valence-corrected chi connectivity index (χ0v) is 37.5. The minimum Gasteiger partial charge on any atom is -0.368 e. The highest BCUT2D eigenvalue weighted by Crippen LogP contribution is 2.39. The molecule has 1 N–H and O–H groups in total. The molecule has 0 radical (unpaired) electrons. The number of piperazine rings is 1. The van der Waals surface area contributed by atoms with Gasteiger partial charge in [0.2, 0.25) is 0 Å². The molecular formula is C44H37BrF4N12S2. The van der Waals surface area contributed by atoms with Crippen molar-refractivity contribution in [2.24, 2.45) is 0 Å². The maximum absolute atomic E-state index is 15.1. The van der Waals surface area contributed by atoms with E-state index >= 15 is 4.39 Å². The van der Waals surface area contributed by atoms with Crippen LogP contribution in [0.15, 0.2) is 77.5 Å². The maximum Gasteiger partial charge on any atom is 0.192 e. The van der Waals surface area contributed by atoms with Gasteiger partial charge in [-0.25, -0.2) is 37.5 Å². The molecule has 0 aliphatic carbocycles. The summed E-state index contributed by atoms with van der Waals surface area (Å²) in [7, 11) is 3.64. The van der Waals surface area contributed by atoms with Crippen molar-refractivity contribution in [2.75, 3.05) is 55.0 Å². The fraction of sp³-hybridized carbons (Fsp3) is 0.227. The van der Waals surface area contributed by atoms with Crippen molar-refractivity contribution < 1.29 is 17.6 Å². The molecule has 0 bridgehead atoms. The van der Waals surface area contributed by atoms with E-state index in [1.54, 1.807) is 57.3 Å². The zero-order chi connectivity index (χ0) is 44.5. The Morgan fingerprint density at radius 3 is 1.57 bits per heavy atom. The summed E-state index contributed by atoms with van der Waals surface area (Å²) >= 11 is 5.77. The third kappa shape index (κ3) is 8.44. The lowest BCUT2D eigenvalue weighted by molar-refractivity contribution is 0.583. The van der Waals surface area contributed by atoms with Crippen LogP contribution in [0.25, 0.3) is 33.8 Å². The summed E-state index contributed by atoms with van der Waals surface area (Å²) < 4.78 is 60.2. The van der Waals surface area contributed by atoms with Crippen LogP contribution in [0.3, 0.4) is 0 Å². The smallest absolute Gasteiger partial charge is 0.192 e. The summed E-state index contributed by atoms with van der Waals surface area (Å²) in [6, 6.07) is 19.0. The Balaban J connectivity index is 0.000000175. The Hall–Kier alpha value is -6.38. The number of aromatic nitrogens is 6. The standard InChI is InChI=1S/C24H23F2N7S.C20H14BrF2N5S/c1-3-19-23(33-14-17(12-18(26)22(33)29-19)32-10-8-28-9-11-32)31(2)24-30-21(20(13-27)34-24)15-4-6-16(25)7-5-15;1-3-15-19(28-10-12(21)8-14(23)18(28)25-15)27(2)20-26-17(16(9-24)29-20)11-4-6-13(22)7-5-11/h4-7,12,14,28H,3,8-11H2,1-2H3;4-8,10H,3H2,1-2H3. The van der Waals surface area contributed by atoms with E-state index in [0.29, 0.717) is 77.2 Å². The summed E-state index contributed by atoms with van der Waals surface area (Å²) in [6.07, 6.45) is 4.86. The molecule has 7 heterocycles. The molecule has 6 aromatic heterocycles. The van der Waals surface area contributed by atoms with Crippen molar-refractivity contribution in [2.45, 2.75) is 26.7 Å². The predicted molar refractivity (Wildman–Crippen MR) is 242 cm³/mol. The van der Waals surface area contributed by atoms with Gasteiger partial charge in [0.15, 0.2) is 33.2 Å². The molecule has 1 fully saturated rings. The second kappa shape index (κ2) is 18.1. The number of hydrogen-bond acceptors (Lipinski definition) is 12. The van der Waals surface area contributed by atoms with Gasteiger partial charge in [0.25, 0.3) is 0 Å². The van der Waals surface area contributed by atoms with Gasteiger partial charge >= 0.3 is 0 Å². The monoisotopic (exact) mass is 952 g/mol. The molecule has 63 heavy (non-hydrogen) atoms. The van der Waals surface area contributed by atoms with Crippen LogP contribution in [0.1, 0.15) is 35.0 Å². The Morgan fingerprint density at radius 2 is 1.13 bits per heavy atom. The second-order valence-electron chi connectivity index (χ2n) is 14.4. The summed E-state index contributed by atoms with van der Waals surface area (Å²) in [6.45, 7) is 7.20. The fourth-order valence-corrected chi connectivity index (χ4v) is 9.46. The van der Waals surface area contributed by atoms with Gasteiger partial charge in [0, 0.05) is 74.3 Å². The van der Waals surface area contributed by atoms with E-state index in [4.69, 9.17) is 4.98 Å². The molecule has 19 heteroatoms. The number of halogens is 5. The minimum absolute atomic E-state index is 0.225. The van der Waals surface area contributed by atoms with E-state index in [0.717, 1.165) is 37.6 Å². The van der Waals surface area contributed by atoms with Gasteiger partial charge in [-0.3, -0.25) is 8.80 Å². The first-order chi connectivity index (χ1) is 30.4. The van der Waals surface area contributed by atoms with E-state index in [9.17, 15) is 23.7 Å². The number of benzene rings is 2. The van der Waals surface area contributed by atoms with Crippen LogP contribution < -0.4 is 20.0 Å². The predicted octanol–water partition coefficient (Wildman–Crippen LogP) is 10.0. The number of imidazole rings is 2. The first-order valence-corrected chi connectivity index (χ1v) is 22.2. The molecule has 0 atom stereocenters. The molecule has 0 saturated carbocycles. The van der Waals surface area contributed by atoms with Crippen LogP contribution >= 0.6 is 38.6 Å². The van der Waals surface area contributed by atoms with Crippen LogP contribution in [0.4, 0.5) is 45.1 Å². The van der Waals surface area contributed by atoms with E-state index < -0.39 is 5.82 Å². The molecule has 2 aromatic carbocycles. The van der Waals surface area contributed by atoms with Gasteiger partial charge in [-0.2, -0.15) is 10.5 Å². The number of anilines is 5. The number of fused-ring (bicyclic) bond motifs is 2. The largest absolute Gasteiger partial charge is 0.368 e. The number of rotatable bonds is 9. The summed E-state index contributed by atoms with van der Waals surface area (Å²) in [5, 5.41) is 23.7. The molecule has 1 aliphatic rings. The van der Waals surface area contributed by atoms with E-state index in [-0.39, 0.29) is 28.7 Å². The number of pyridine rings is 2. The average molecular weight is 954 g/mol. The lowest BCUT2D eigenvalue weighted by atomic mass is 10.1. The van der Waals surface area contributed by atoms with Gasteiger partial charge in [-0.15, -0.1) is 0 Å². The van der Waals surface area contributed by atoms with E-state index in [1.807, 2.05) is 32.0 Å². The molecule has 0 amide bonds. The highest BCUT2D eigenvalue weighted by atomic mass is 79.9. The first kappa shape index (κ1) is 43.3. The second-order valence-corrected chi connectivity index (χ2v) is 17.2. The van der Waals surface area contributed by atoms with Crippen molar-refractivity contribution in [3.63, 3.8) is 0 Å². The lowest BCUT2D eigenvalue weighted by Crippen LogP contribution is -2.43. The number of hydrogen-bond donors (Lipinski definition) is 1. The van der Waals surface area contributed by atoms with Crippen molar-refractivity contribution in [3.8, 4) is 34.7 Å². The van der Waals surface area contributed by atoms with Crippen molar-refractivity contribution in [3.05, 3.63) is 122 Å². The van der Waals surface area contributed by atoms with Gasteiger partial charge in [0.1, 0.15) is 56.6 Å². The minimum atomic E-state index is -0.433. The van der Waals surface area contributed by atoms with Crippen LogP contribution in [0.5, 0.6) is 0 Å². The topological polar surface area (TPSA) is 130 Å². The Kier molecular flexibility index (Phi) is 12.5. The number of nitrogens with zero attached hydrogens (tertiary/aromatic N) is 11. The highest BCUT2D eigenvalue weighted by molar-refractivity contribution is 9.10. The van der Waals surface area contributed by atoms with Gasteiger partial charge in [-0.1, -0.05) is 36.5 Å². The van der Waals surface area contributed by atoms with Crippen LogP contribution in [-0.4, -0.2) is 69.0 Å². The third-order valence-electron chi connectivity index (χ3n) is 10.4. The molecule has 0 unspecified atom stereocenters. The molecule has 1 aliphatic heterocycles. The quantitative estimate of drug-likeness (QED) is 0.140. The van der Waals surface area contributed by atoms with Crippen LogP contribution in [0.2, 0.25) is 0 Å². The molecule has 12 nitrogen and oxygen atoms in total. The van der Waals surface area contributed by atoms with E-state index in [1.165, 1.54) is 53.0 Å². The molecule has 1 saturated heterocycles. The Bertz CT molecular complexity index is 3050.